The Kier molecular flexibility index (Phi) is 19.0. The molecule has 12 aliphatic rings. The number of carbonyl (C=O) groups excluding carboxylic acids is 4. The van der Waals surface area contributed by atoms with Crippen molar-refractivity contribution in [3.63, 3.8) is 0 Å². The minimum Gasteiger partial charge on any atom is -0.544 e. The number of aliphatic hydroxyl groups excluding tert-OH is 2. The average Bonchev–Trinajstić information content (AvgIpc) is 0.643. The molecule has 2 aliphatic carbocycles. The van der Waals surface area contributed by atoms with Crippen molar-refractivity contribution >= 4 is 46.8 Å². The second kappa shape index (κ2) is 23.7. The molecule has 0 radical (unpaired) electrons. The largest absolute Gasteiger partial charge is 0.544 e. The third-order valence-corrected chi connectivity index (χ3v) is 26.9. The average molecular weight is 1400 g/mol. The Balaban J connectivity index is 0.000000470. The van der Waals surface area contributed by atoms with Gasteiger partial charge in [-0.05, 0) is 123 Å². The van der Waals surface area contributed by atoms with Gasteiger partial charge in [0.05, 0.1) is 73.5 Å². The molecule has 18 N–H and O–H groups in total. The van der Waals surface area contributed by atoms with Crippen molar-refractivity contribution in [1.82, 2.24) is 30.9 Å². The van der Waals surface area contributed by atoms with Gasteiger partial charge in [-0.25, -0.2) is 4.98 Å². The van der Waals surface area contributed by atoms with Crippen molar-refractivity contribution in [3.05, 3.63) is 16.7 Å². The number of unbranched alkanes of at least 4 members (excludes halogenated alkanes) is 1. The number of nitrogens with one attached hydrogen (secondary N) is 6. The number of ether oxygens (including phenoxy) is 10. The molecule has 12 heterocycles. The number of hydrogen-bond acceptors (Lipinski definition) is 27. The predicted molar refractivity (Wildman–Crippen MR) is 334 cm³/mol. The van der Waals surface area contributed by atoms with Crippen LogP contribution in [0.15, 0.2) is 11.1 Å². The minimum absolute atomic E-state index is 0.110. The molecule has 34 nitrogen and oxygen atoms in total. The number of nitrogens with two attached hydrogens (primary N) is 1. The first-order chi connectivity index (χ1) is 44.5. The highest BCUT2D eigenvalue weighted by atomic mass is 16.9. The fourth-order valence-corrected chi connectivity index (χ4v) is 18.6. The Morgan fingerprint density at radius 2 is 1.12 bits per heavy atom. The smallest absolute Gasteiger partial charge is 0.320 e. The maximum absolute atomic E-state index is 13.7. The first kappa shape index (κ1) is 78.5. The number of aliphatic hydroxyl groups is 6. The summed E-state index contributed by atoms with van der Waals surface area (Å²) in [6, 6.07) is -0.387. The summed E-state index contributed by atoms with van der Waals surface area (Å²) in [4.78, 5) is 86.0. The number of aromatic nitrogens is 4. The first-order valence-corrected chi connectivity index (χ1v) is 32.7. The fraction of sp³-hybridized carbons (Fsp3) is 0.844. The summed E-state index contributed by atoms with van der Waals surface area (Å²) in [5.74, 6) is -15.5. The summed E-state index contributed by atoms with van der Waals surface area (Å²) in [5.41, 5.74) is -18.8. The molecule has 12 fully saturated rings. The van der Waals surface area contributed by atoms with Crippen LogP contribution >= 0.6 is 0 Å². The maximum atomic E-state index is 13.7. The van der Waals surface area contributed by atoms with Gasteiger partial charge < -0.3 is 130 Å². The zero-order valence-electron chi connectivity index (χ0n) is 60.1. The second-order valence-electron chi connectivity index (χ2n) is 31.0. The Bertz CT molecular complexity index is 3560. The van der Waals surface area contributed by atoms with Gasteiger partial charge in [0.15, 0.2) is 12.1 Å². The SMILES string of the molecule is CNC(CCCC[NH3+])C(=O)O.CO[C@]1(C)OC2(C(=O)[O-])O[C@@](C)(C1(C)O)[C@]2(C)COC[C@]1(C)OC2(CO)[C@@H](O[C@]3(C)OC4(C(=O)[O-])O[C@@](C)(C3(C)O)[C@]4(C)COC[C@]3(C)OC4(CO)[C@@H](C)[C@@](C)(C3(C)NC(C)=O)[C@]4(C)O)[C@@](C)(C1(C)NC(C)=O)[C@]2(C)O.Nc1nc2[nH+]c[nH]c2c(=O)[nH]1. The fourth-order valence-electron chi connectivity index (χ4n) is 18.6. The zero-order chi connectivity index (χ0) is 74.7. The number of rotatable bonds is 23. The van der Waals surface area contributed by atoms with Crippen LogP contribution in [-0.2, 0) is 71.3 Å². The predicted octanol–water partition coefficient (Wildman–Crippen LogP) is -4.75. The van der Waals surface area contributed by atoms with Gasteiger partial charge in [-0.15, -0.1) is 0 Å². The standard InChI is InChI=1S/C52H84N2O22.C7H16N2O2.C5H5N5O/c1-27-37(8)39(10,53-28(2)57)35(6,71-49(27,21-55)41(37,12)63)25-68-24-34(5)46(17)44(15,66)48(19,76-52(34,74-46)32(61)62)70-30-38(9)40(11,54-29(3)58)36(7,72-50(30,22-56)42(38,13)64)26-69-23-33(4)45(16)43(14,65)47(18,67-20)75-51(33,73-45)31(59)60;1-9-6(7(10)11)4-2-3-5-8;6-5-9-3-2(4(11)10-5)7-1-8-3/h27,30,55-56,63-66H,21-26H2,1-20H3,(H,53,57)(H,54,58)(H,59,60)(H,61,62);6,9H,2-5,8H2,1H3,(H,10,11);1H,(H4,6,7,8,9,10,11)/t27-,30-,33-,34-,35-,36-,37-,38-,39?,40?,41-,42-,43?,44?,45+,46+,47+,48+,49?,50?,51?,52?;;/m0../s1. The molecule has 34 heteroatoms. The van der Waals surface area contributed by atoms with Crippen LogP contribution in [0.25, 0.3) is 11.2 Å². The minimum atomic E-state index is -2.75. The monoisotopic (exact) mass is 1400 g/mol. The maximum Gasteiger partial charge on any atom is 0.320 e. The number of methoxy groups -OCH3 is 1. The van der Waals surface area contributed by atoms with Crippen molar-refractivity contribution < 1.29 is 128 Å². The molecule has 8 bridgehead atoms. The topological polar surface area (TPSA) is 531 Å². The van der Waals surface area contributed by atoms with Crippen LogP contribution in [-0.4, -0.2) is 243 Å². The lowest BCUT2D eigenvalue weighted by atomic mass is 9.33. The van der Waals surface area contributed by atoms with Gasteiger partial charge >= 0.3 is 11.6 Å². The van der Waals surface area contributed by atoms with Gasteiger partial charge in [0.2, 0.25) is 34.7 Å². The number of amides is 2. The van der Waals surface area contributed by atoms with E-state index in [1.54, 1.807) is 27.8 Å². The Morgan fingerprint density at radius 1 is 0.684 bits per heavy atom. The molecule has 2 aromatic heterocycles. The summed E-state index contributed by atoms with van der Waals surface area (Å²) in [6.45, 7) is 25.5. The Morgan fingerprint density at radius 3 is 1.53 bits per heavy atom. The van der Waals surface area contributed by atoms with E-state index in [0.29, 0.717) is 17.6 Å². The summed E-state index contributed by atoms with van der Waals surface area (Å²) < 4.78 is 63.1. The van der Waals surface area contributed by atoms with Crippen molar-refractivity contribution in [2.75, 3.05) is 66.1 Å². The molecular weight excluding hydrogens is 1290 g/mol. The number of nitrogen functional groups attached to an aromatic ring is 1. The number of likely N-dealkylation sites (N-methyl/N-ethyl adjacent to an activating group) is 1. The molecule has 2 saturated carbocycles. The van der Waals surface area contributed by atoms with Crippen LogP contribution in [0.2, 0.25) is 0 Å². The van der Waals surface area contributed by atoms with Crippen LogP contribution in [0, 0.1) is 27.6 Å². The molecule has 10 aliphatic heterocycles. The van der Waals surface area contributed by atoms with E-state index in [4.69, 9.17) is 58.2 Å². The van der Waals surface area contributed by atoms with Crippen molar-refractivity contribution in [1.29, 1.82) is 0 Å². The van der Waals surface area contributed by atoms with Gasteiger partial charge in [-0.1, -0.05) is 25.8 Å². The number of imidazole rings is 1. The summed E-state index contributed by atoms with van der Waals surface area (Å²) in [7, 11) is 2.90. The van der Waals surface area contributed by atoms with E-state index in [2.05, 4.69) is 41.6 Å². The number of aliphatic carboxylic acids is 3. The van der Waals surface area contributed by atoms with E-state index in [-0.39, 0.29) is 24.2 Å². The van der Waals surface area contributed by atoms with Gasteiger partial charge in [0.25, 0.3) is 11.5 Å². The van der Waals surface area contributed by atoms with E-state index in [1.807, 2.05) is 6.92 Å². The molecule has 0 aromatic carbocycles. The number of quaternary nitrogens is 1. The number of H-pyrrole nitrogens is 3. The van der Waals surface area contributed by atoms with Crippen molar-refractivity contribution in [3.8, 4) is 0 Å². The van der Waals surface area contributed by atoms with E-state index >= 15 is 0 Å². The number of anilines is 1. The molecule has 23 atom stereocenters. The van der Waals surface area contributed by atoms with Crippen LogP contribution in [0.3, 0.4) is 0 Å². The summed E-state index contributed by atoms with van der Waals surface area (Å²) in [6.07, 6.45) is 2.57. The highest BCUT2D eigenvalue weighted by Crippen LogP contribution is 2.77. The Labute approximate surface area is 567 Å². The van der Waals surface area contributed by atoms with E-state index in [0.717, 1.165) is 19.4 Å². The van der Waals surface area contributed by atoms with Crippen molar-refractivity contribution in [2.45, 2.75) is 253 Å². The number of fused-ring (bicyclic) bond motifs is 9. The molecule has 98 heavy (non-hydrogen) atoms. The number of carboxylic acids is 3. The molecule has 14 rings (SSSR count). The normalized spacial score (nSPS) is 48.5. The zero-order valence-corrected chi connectivity index (χ0v) is 60.1. The number of hydrogen-bond donors (Lipinski definition) is 14. The lowest BCUT2D eigenvalue weighted by Gasteiger charge is -2.83. The number of carbonyl (C=O) groups is 5. The number of nitrogens with zero attached hydrogens (tertiary/aromatic N) is 1. The molecule has 2 amide bonds. The number of carboxylic acid groups (broad SMARTS) is 3. The van der Waals surface area contributed by atoms with Crippen LogP contribution in [0.1, 0.15) is 151 Å². The third kappa shape index (κ3) is 9.09. The quantitative estimate of drug-likeness (QED) is 0.0465. The van der Waals surface area contributed by atoms with Gasteiger partial charge in [-0.2, -0.15) is 0 Å². The van der Waals surface area contributed by atoms with Gasteiger partial charge in [-0.3, -0.25) is 29.1 Å². The molecular formula is C64H105N9O25. The van der Waals surface area contributed by atoms with Crippen LogP contribution in [0.5, 0.6) is 0 Å². The Hall–Kier alpha value is -5.22. The van der Waals surface area contributed by atoms with E-state index < -0.39 is 187 Å². The van der Waals surface area contributed by atoms with E-state index in [9.17, 15) is 69.6 Å². The van der Waals surface area contributed by atoms with Crippen LogP contribution in [0.4, 0.5) is 5.95 Å². The highest BCUT2D eigenvalue weighted by Gasteiger charge is 2.94. The van der Waals surface area contributed by atoms with Gasteiger partial charge in [0, 0.05) is 32.3 Å². The number of aromatic amines is 3. The lowest BCUT2D eigenvalue weighted by Crippen LogP contribution is -3.01. The summed E-state index contributed by atoms with van der Waals surface area (Å²) in [5, 5.41) is 116. The molecule has 10 saturated heterocycles. The van der Waals surface area contributed by atoms with Crippen LogP contribution < -0.4 is 48.2 Å². The lowest BCUT2D eigenvalue weighted by molar-refractivity contribution is -0.610. The van der Waals surface area contributed by atoms with E-state index in [1.165, 1.54) is 117 Å². The third-order valence-electron chi connectivity index (χ3n) is 26.9. The van der Waals surface area contributed by atoms with Crippen molar-refractivity contribution in [2.24, 2.45) is 27.6 Å². The molecule has 0 spiro atoms. The second-order valence-corrected chi connectivity index (χ2v) is 31.0. The first-order valence-electron chi connectivity index (χ1n) is 32.7. The molecule has 556 valence electrons. The highest BCUT2D eigenvalue weighted by molar-refractivity contribution is 5.79. The molecule has 9 unspecified atom stereocenters. The molecule has 2 aromatic rings. The van der Waals surface area contributed by atoms with Gasteiger partial charge in [0.1, 0.15) is 80.1 Å². The summed E-state index contributed by atoms with van der Waals surface area (Å²) >= 11 is 0.